The van der Waals surface area contributed by atoms with Crippen molar-refractivity contribution < 1.29 is 0 Å². The van der Waals surface area contributed by atoms with E-state index in [1.54, 1.807) is 20.2 Å². The molecule has 0 saturated carbocycles. The van der Waals surface area contributed by atoms with E-state index in [-0.39, 0.29) is 5.56 Å². The highest BCUT2D eigenvalue weighted by molar-refractivity contribution is 9.10. The van der Waals surface area contributed by atoms with E-state index in [1.165, 1.54) is 4.57 Å². The van der Waals surface area contributed by atoms with Crippen LogP contribution in [0.3, 0.4) is 0 Å². The predicted molar refractivity (Wildman–Crippen MR) is 48.5 cm³/mol. The lowest BCUT2D eigenvalue weighted by Gasteiger charge is -2.04. The number of aryl methyl sites for hydroxylation is 1. The molecule has 1 heterocycles. The third-order valence-electron chi connectivity index (χ3n) is 1.62. The van der Waals surface area contributed by atoms with Gasteiger partial charge in [-0.3, -0.25) is 4.79 Å². The van der Waals surface area contributed by atoms with Gasteiger partial charge < -0.3 is 10.3 Å². The number of anilines is 1. The third-order valence-corrected chi connectivity index (χ3v) is 2.42. The molecule has 0 fully saturated rings. The van der Waals surface area contributed by atoms with Crippen molar-refractivity contribution in [3.05, 3.63) is 26.6 Å². The number of hydrogen-bond acceptors (Lipinski definition) is 2. The summed E-state index contributed by atoms with van der Waals surface area (Å²) in [6.45, 7) is 1.81. The first kappa shape index (κ1) is 8.33. The first-order valence-electron chi connectivity index (χ1n) is 3.15. The van der Waals surface area contributed by atoms with Crippen molar-refractivity contribution in [3.8, 4) is 0 Å². The Kier molecular flexibility index (Phi) is 2.04. The summed E-state index contributed by atoms with van der Waals surface area (Å²) in [4.78, 5) is 11.2. The molecule has 11 heavy (non-hydrogen) atoms. The van der Waals surface area contributed by atoms with Crippen LogP contribution in [-0.4, -0.2) is 4.57 Å². The quantitative estimate of drug-likeness (QED) is 0.705. The van der Waals surface area contributed by atoms with Gasteiger partial charge in [0, 0.05) is 17.7 Å². The number of pyridine rings is 1. The Bertz CT molecular complexity index is 343. The molecule has 0 radical (unpaired) electrons. The number of nitrogen functional groups attached to an aromatic ring is 1. The van der Waals surface area contributed by atoms with Crippen LogP contribution >= 0.6 is 15.9 Å². The van der Waals surface area contributed by atoms with Crippen LogP contribution in [0.15, 0.2) is 15.5 Å². The van der Waals surface area contributed by atoms with Gasteiger partial charge in [-0.25, -0.2) is 0 Å². The molecule has 0 aliphatic heterocycles. The maximum absolute atomic E-state index is 11.2. The predicted octanol–water partition coefficient (Wildman–Crippen LogP) is 1.04. The van der Waals surface area contributed by atoms with E-state index >= 15 is 0 Å². The maximum atomic E-state index is 11.2. The number of halogens is 1. The molecule has 2 N–H and O–H groups in total. The average molecular weight is 217 g/mol. The minimum absolute atomic E-state index is 0.147. The van der Waals surface area contributed by atoms with E-state index in [0.717, 1.165) is 10.0 Å². The summed E-state index contributed by atoms with van der Waals surface area (Å²) >= 11 is 3.29. The van der Waals surface area contributed by atoms with Crippen LogP contribution in [0.25, 0.3) is 0 Å². The second-order valence-electron chi connectivity index (χ2n) is 2.43. The Morgan fingerprint density at radius 2 is 2.18 bits per heavy atom. The molecule has 0 unspecified atom stereocenters. The van der Waals surface area contributed by atoms with Gasteiger partial charge in [0.05, 0.1) is 0 Å². The van der Waals surface area contributed by atoms with Gasteiger partial charge in [0.1, 0.15) is 5.69 Å². The molecule has 0 amide bonds. The van der Waals surface area contributed by atoms with Gasteiger partial charge in [-0.15, -0.1) is 0 Å². The van der Waals surface area contributed by atoms with E-state index in [4.69, 9.17) is 5.73 Å². The van der Waals surface area contributed by atoms with E-state index in [9.17, 15) is 4.79 Å². The molecule has 1 rings (SSSR count). The summed E-state index contributed by atoms with van der Waals surface area (Å²) in [5.74, 6) is 0. The summed E-state index contributed by atoms with van der Waals surface area (Å²) in [6, 6.07) is 0. The van der Waals surface area contributed by atoms with Crippen molar-refractivity contribution in [2.75, 3.05) is 5.73 Å². The monoisotopic (exact) mass is 216 g/mol. The summed E-state index contributed by atoms with van der Waals surface area (Å²) in [7, 11) is 1.67. The van der Waals surface area contributed by atoms with Gasteiger partial charge in [-0.2, -0.15) is 0 Å². The highest BCUT2D eigenvalue weighted by Crippen LogP contribution is 2.16. The molecule has 0 aliphatic carbocycles. The summed E-state index contributed by atoms with van der Waals surface area (Å²) in [6.07, 6.45) is 1.70. The Morgan fingerprint density at radius 1 is 1.64 bits per heavy atom. The van der Waals surface area contributed by atoms with Gasteiger partial charge >= 0.3 is 0 Å². The van der Waals surface area contributed by atoms with Gasteiger partial charge in [0.2, 0.25) is 0 Å². The summed E-state index contributed by atoms with van der Waals surface area (Å²) in [5, 5.41) is 0. The minimum Gasteiger partial charge on any atom is -0.394 e. The molecule has 1 aromatic heterocycles. The zero-order valence-electron chi connectivity index (χ0n) is 6.39. The van der Waals surface area contributed by atoms with Crippen LogP contribution < -0.4 is 11.3 Å². The Hall–Kier alpha value is -0.770. The van der Waals surface area contributed by atoms with Crippen molar-refractivity contribution in [3.63, 3.8) is 0 Å². The highest BCUT2D eigenvalue weighted by atomic mass is 79.9. The van der Waals surface area contributed by atoms with Crippen LogP contribution in [0.1, 0.15) is 5.56 Å². The third kappa shape index (κ3) is 1.30. The zero-order chi connectivity index (χ0) is 8.59. The van der Waals surface area contributed by atoms with Crippen LogP contribution in [0, 0.1) is 6.92 Å². The normalized spacial score (nSPS) is 10.1. The standard InChI is InChI=1S/C7H9BrN2O/c1-4-5(8)3-10(2)7(11)6(4)9/h3H,9H2,1-2H3. The minimum atomic E-state index is -0.147. The second-order valence-corrected chi connectivity index (χ2v) is 3.29. The van der Waals surface area contributed by atoms with Gasteiger partial charge in [-0.05, 0) is 28.4 Å². The fourth-order valence-corrected chi connectivity index (χ4v) is 1.33. The van der Waals surface area contributed by atoms with Crippen LogP contribution in [0.2, 0.25) is 0 Å². The molecule has 0 saturated heterocycles. The smallest absolute Gasteiger partial charge is 0.273 e. The number of nitrogens with two attached hydrogens (primary N) is 1. The van der Waals surface area contributed by atoms with E-state index < -0.39 is 0 Å². The zero-order valence-corrected chi connectivity index (χ0v) is 7.97. The number of nitrogens with zero attached hydrogens (tertiary/aromatic N) is 1. The fraction of sp³-hybridized carbons (Fsp3) is 0.286. The molecule has 0 aromatic carbocycles. The molecule has 0 bridgehead atoms. The van der Waals surface area contributed by atoms with E-state index in [1.807, 2.05) is 0 Å². The van der Waals surface area contributed by atoms with Crippen molar-refractivity contribution in [1.82, 2.24) is 4.57 Å². The van der Waals surface area contributed by atoms with Gasteiger partial charge in [-0.1, -0.05) is 0 Å². The molecular weight excluding hydrogens is 208 g/mol. The van der Waals surface area contributed by atoms with Crippen LogP contribution in [0.5, 0.6) is 0 Å². The lowest BCUT2D eigenvalue weighted by Crippen LogP contribution is -2.20. The van der Waals surface area contributed by atoms with Crippen molar-refractivity contribution in [1.29, 1.82) is 0 Å². The molecular formula is C7H9BrN2O. The lowest BCUT2D eigenvalue weighted by molar-refractivity contribution is 0.855. The van der Waals surface area contributed by atoms with Gasteiger partial charge in [0.15, 0.2) is 0 Å². The maximum Gasteiger partial charge on any atom is 0.273 e. The molecule has 0 aliphatic rings. The largest absolute Gasteiger partial charge is 0.394 e. The van der Waals surface area contributed by atoms with Crippen LogP contribution in [0.4, 0.5) is 5.69 Å². The molecule has 60 valence electrons. The topological polar surface area (TPSA) is 48.0 Å². The molecule has 3 nitrogen and oxygen atoms in total. The number of hydrogen-bond donors (Lipinski definition) is 1. The van der Waals surface area contributed by atoms with Crippen molar-refractivity contribution in [2.45, 2.75) is 6.92 Å². The Balaban J connectivity index is 3.59. The van der Waals surface area contributed by atoms with E-state index in [0.29, 0.717) is 5.69 Å². The number of rotatable bonds is 0. The Morgan fingerprint density at radius 3 is 2.73 bits per heavy atom. The van der Waals surface area contributed by atoms with E-state index in [2.05, 4.69) is 15.9 Å². The molecule has 1 aromatic rings. The van der Waals surface area contributed by atoms with Crippen molar-refractivity contribution >= 4 is 21.6 Å². The fourth-order valence-electron chi connectivity index (χ4n) is 0.805. The SMILES string of the molecule is Cc1c(Br)cn(C)c(=O)c1N. The summed E-state index contributed by atoms with van der Waals surface area (Å²) in [5.41, 5.74) is 6.48. The first-order chi connectivity index (χ1) is 5.04. The molecule has 0 atom stereocenters. The van der Waals surface area contributed by atoms with Crippen molar-refractivity contribution in [2.24, 2.45) is 7.05 Å². The lowest BCUT2D eigenvalue weighted by atomic mass is 10.2. The second kappa shape index (κ2) is 2.70. The molecule has 4 heteroatoms. The number of aromatic nitrogens is 1. The average Bonchev–Trinajstić information content (AvgIpc) is 1.97. The Labute approximate surface area is 73.0 Å². The first-order valence-corrected chi connectivity index (χ1v) is 3.94. The van der Waals surface area contributed by atoms with Gasteiger partial charge in [0.25, 0.3) is 5.56 Å². The highest BCUT2D eigenvalue weighted by Gasteiger charge is 2.04. The molecule has 0 spiro atoms. The van der Waals surface area contributed by atoms with Crippen LogP contribution in [-0.2, 0) is 7.05 Å². The summed E-state index contributed by atoms with van der Waals surface area (Å²) < 4.78 is 2.31.